The van der Waals surface area contributed by atoms with Crippen LogP contribution in [0.2, 0.25) is 0 Å². The minimum atomic E-state index is -0.286. The standard InChI is InChI=1S/C10H11BrO2/c1-8(12)13-10-4-2-3-9(7-11)5-6-10/h2,4-6H,3,7H2,1H3. The highest BCUT2D eigenvalue weighted by molar-refractivity contribution is 9.09. The lowest BCUT2D eigenvalue weighted by molar-refractivity contribution is -0.136. The smallest absolute Gasteiger partial charge is 0.308 e. The van der Waals surface area contributed by atoms with E-state index >= 15 is 0 Å². The van der Waals surface area contributed by atoms with Crippen molar-refractivity contribution in [1.29, 1.82) is 0 Å². The number of hydrogen-bond donors (Lipinski definition) is 0. The summed E-state index contributed by atoms with van der Waals surface area (Å²) in [6, 6.07) is 0. The molecular formula is C10H11BrO2. The summed E-state index contributed by atoms with van der Waals surface area (Å²) in [7, 11) is 0. The molecule has 0 fully saturated rings. The Morgan fingerprint density at radius 3 is 3.00 bits per heavy atom. The minimum absolute atomic E-state index is 0.286. The third-order valence-electron chi connectivity index (χ3n) is 1.58. The van der Waals surface area contributed by atoms with E-state index in [0.29, 0.717) is 5.76 Å². The summed E-state index contributed by atoms with van der Waals surface area (Å²) in [5.74, 6) is 0.315. The maximum atomic E-state index is 10.6. The maximum absolute atomic E-state index is 10.6. The van der Waals surface area contributed by atoms with E-state index < -0.39 is 0 Å². The fraction of sp³-hybridized carbons (Fsp3) is 0.300. The van der Waals surface area contributed by atoms with Crippen LogP contribution < -0.4 is 0 Å². The van der Waals surface area contributed by atoms with Crippen LogP contribution in [0.15, 0.2) is 35.6 Å². The minimum Gasteiger partial charge on any atom is -0.427 e. The van der Waals surface area contributed by atoms with Crippen molar-refractivity contribution in [1.82, 2.24) is 0 Å². The summed E-state index contributed by atoms with van der Waals surface area (Å²) >= 11 is 3.38. The SMILES string of the molecule is CC(=O)OC1=CC=C(CBr)CC=C1. The third-order valence-corrected chi connectivity index (χ3v) is 2.30. The molecule has 0 spiro atoms. The molecule has 1 rings (SSSR count). The molecular weight excluding hydrogens is 232 g/mol. The van der Waals surface area contributed by atoms with Crippen molar-refractivity contribution in [3.05, 3.63) is 35.6 Å². The highest BCUT2D eigenvalue weighted by Gasteiger charge is 2.00. The van der Waals surface area contributed by atoms with Gasteiger partial charge in [0.1, 0.15) is 5.76 Å². The van der Waals surface area contributed by atoms with Gasteiger partial charge >= 0.3 is 5.97 Å². The number of ether oxygens (including phenoxy) is 1. The van der Waals surface area contributed by atoms with Crippen molar-refractivity contribution < 1.29 is 9.53 Å². The van der Waals surface area contributed by atoms with Gasteiger partial charge in [-0.2, -0.15) is 0 Å². The van der Waals surface area contributed by atoms with Gasteiger partial charge in [0.05, 0.1) is 0 Å². The number of carbonyl (C=O) groups excluding carboxylic acids is 1. The van der Waals surface area contributed by atoms with E-state index in [1.165, 1.54) is 12.5 Å². The zero-order valence-electron chi connectivity index (χ0n) is 7.42. The summed E-state index contributed by atoms with van der Waals surface area (Å²) in [5, 5.41) is 0.848. The van der Waals surface area contributed by atoms with Gasteiger partial charge in [0.2, 0.25) is 0 Å². The molecule has 0 heterocycles. The van der Waals surface area contributed by atoms with Crippen LogP contribution in [-0.4, -0.2) is 11.3 Å². The molecule has 70 valence electrons. The molecule has 0 aliphatic heterocycles. The van der Waals surface area contributed by atoms with Gasteiger partial charge in [0.15, 0.2) is 0 Å². The lowest BCUT2D eigenvalue weighted by Crippen LogP contribution is -1.95. The Morgan fingerprint density at radius 1 is 1.62 bits per heavy atom. The topological polar surface area (TPSA) is 26.3 Å². The van der Waals surface area contributed by atoms with Gasteiger partial charge in [0.25, 0.3) is 0 Å². The summed E-state index contributed by atoms with van der Waals surface area (Å²) in [6.45, 7) is 1.40. The predicted molar refractivity (Wildman–Crippen MR) is 55.5 cm³/mol. The quantitative estimate of drug-likeness (QED) is 0.550. The first-order valence-electron chi connectivity index (χ1n) is 4.03. The maximum Gasteiger partial charge on any atom is 0.308 e. The molecule has 0 aromatic carbocycles. The monoisotopic (exact) mass is 242 g/mol. The summed E-state index contributed by atoms with van der Waals surface area (Å²) in [5.41, 5.74) is 1.26. The van der Waals surface area contributed by atoms with Crippen LogP contribution in [-0.2, 0) is 9.53 Å². The molecule has 0 atom stereocenters. The Labute approximate surface area is 86.1 Å². The molecule has 0 bridgehead atoms. The Hall–Kier alpha value is -0.830. The number of rotatable bonds is 2. The first-order valence-corrected chi connectivity index (χ1v) is 5.15. The van der Waals surface area contributed by atoms with Crippen LogP contribution in [0, 0.1) is 0 Å². The van der Waals surface area contributed by atoms with Crippen molar-refractivity contribution in [2.75, 3.05) is 5.33 Å². The van der Waals surface area contributed by atoms with E-state index in [1.54, 1.807) is 0 Å². The van der Waals surface area contributed by atoms with Crippen molar-refractivity contribution in [3.8, 4) is 0 Å². The molecule has 0 aromatic heterocycles. The highest BCUT2D eigenvalue weighted by Crippen LogP contribution is 2.13. The first-order chi connectivity index (χ1) is 6.22. The second-order valence-electron chi connectivity index (χ2n) is 2.73. The van der Waals surface area contributed by atoms with Gasteiger partial charge in [-0.1, -0.05) is 33.7 Å². The average molecular weight is 243 g/mol. The molecule has 0 unspecified atom stereocenters. The van der Waals surface area contributed by atoms with Crippen LogP contribution in [0.3, 0.4) is 0 Å². The molecule has 2 nitrogen and oxygen atoms in total. The molecule has 1 aliphatic carbocycles. The first kappa shape index (κ1) is 10.3. The zero-order chi connectivity index (χ0) is 9.68. The molecule has 0 amide bonds. The van der Waals surface area contributed by atoms with Crippen molar-refractivity contribution in [3.63, 3.8) is 0 Å². The molecule has 13 heavy (non-hydrogen) atoms. The second-order valence-corrected chi connectivity index (χ2v) is 3.29. The Balaban J connectivity index is 2.70. The van der Waals surface area contributed by atoms with Crippen LogP contribution in [0.4, 0.5) is 0 Å². The van der Waals surface area contributed by atoms with Crippen molar-refractivity contribution in [2.45, 2.75) is 13.3 Å². The zero-order valence-corrected chi connectivity index (χ0v) is 9.00. The third kappa shape index (κ3) is 3.59. The average Bonchev–Trinajstić information content (AvgIpc) is 2.29. The highest BCUT2D eigenvalue weighted by atomic mass is 79.9. The van der Waals surface area contributed by atoms with Crippen LogP contribution in [0.5, 0.6) is 0 Å². The fourth-order valence-corrected chi connectivity index (χ4v) is 1.40. The Morgan fingerprint density at radius 2 is 2.38 bits per heavy atom. The summed E-state index contributed by atoms with van der Waals surface area (Å²) in [6.07, 6.45) is 8.46. The molecule has 1 aliphatic rings. The van der Waals surface area contributed by atoms with Crippen LogP contribution in [0.1, 0.15) is 13.3 Å². The number of esters is 1. The summed E-state index contributed by atoms with van der Waals surface area (Å²) in [4.78, 5) is 10.6. The van der Waals surface area contributed by atoms with Gasteiger partial charge in [-0.05, 0) is 18.6 Å². The number of halogens is 1. The Kier molecular flexibility index (Phi) is 3.96. The molecule has 0 saturated heterocycles. The van der Waals surface area contributed by atoms with Gasteiger partial charge in [-0.3, -0.25) is 4.79 Å². The number of alkyl halides is 1. The molecule has 0 saturated carbocycles. The van der Waals surface area contributed by atoms with E-state index in [-0.39, 0.29) is 5.97 Å². The molecule has 3 heteroatoms. The Bertz CT molecular complexity index is 287. The predicted octanol–water partition coefficient (Wildman–Crippen LogP) is 2.71. The van der Waals surface area contributed by atoms with E-state index in [9.17, 15) is 4.79 Å². The lowest BCUT2D eigenvalue weighted by atomic mass is 10.2. The van der Waals surface area contributed by atoms with E-state index in [4.69, 9.17) is 4.74 Å². The molecule has 0 N–H and O–H groups in total. The van der Waals surface area contributed by atoms with Gasteiger partial charge in [-0.25, -0.2) is 0 Å². The normalized spacial score (nSPS) is 15.8. The van der Waals surface area contributed by atoms with Crippen LogP contribution >= 0.6 is 15.9 Å². The van der Waals surface area contributed by atoms with Crippen molar-refractivity contribution in [2.24, 2.45) is 0 Å². The number of allylic oxidation sites excluding steroid dienone is 5. The number of hydrogen-bond acceptors (Lipinski definition) is 2. The molecule has 0 radical (unpaired) electrons. The van der Waals surface area contributed by atoms with E-state index in [0.717, 1.165) is 11.8 Å². The lowest BCUT2D eigenvalue weighted by Gasteiger charge is -1.98. The second kappa shape index (κ2) is 5.02. The van der Waals surface area contributed by atoms with Gasteiger partial charge in [0, 0.05) is 12.3 Å². The van der Waals surface area contributed by atoms with E-state index in [1.807, 2.05) is 24.3 Å². The fourth-order valence-electron chi connectivity index (χ4n) is 0.983. The van der Waals surface area contributed by atoms with Crippen LogP contribution in [0.25, 0.3) is 0 Å². The van der Waals surface area contributed by atoms with Gasteiger partial charge < -0.3 is 4.74 Å². The molecule has 0 aromatic rings. The summed E-state index contributed by atoms with van der Waals surface area (Å²) < 4.78 is 4.94. The van der Waals surface area contributed by atoms with E-state index in [2.05, 4.69) is 15.9 Å². The largest absolute Gasteiger partial charge is 0.427 e. The number of carbonyl (C=O) groups is 1. The van der Waals surface area contributed by atoms with Gasteiger partial charge in [-0.15, -0.1) is 0 Å². The van der Waals surface area contributed by atoms with Crippen molar-refractivity contribution >= 4 is 21.9 Å².